The van der Waals surface area contributed by atoms with Gasteiger partial charge in [-0.1, -0.05) is 12.1 Å². The standard InChI is InChI=1S/C23H21N3O3/c1-13-4-8-21-19(10-13)26-22(27)18-12-17(7-9-20(18)29-21)25-23(28)24-16-6-5-14(2)15(3)11-16/h4-12H,1-3H3,(H,26,27)(H2,24,25,28). The average molecular weight is 387 g/mol. The largest absolute Gasteiger partial charge is 0.454 e. The van der Waals surface area contributed by atoms with E-state index in [4.69, 9.17) is 4.74 Å². The molecule has 0 aliphatic carbocycles. The number of benzene rings is 3. The highest BCUT2D eigenvalue weighted by molar-refractivity contribution is 6.09. The molecule has 0 saturated carbocycles. The fourth-order valence-corrected chi connectivity index (χ4v) is 3.13. The number of carbonyl (C=O) groups excluding carboxylic acids is 2. The van der Waals surface area contributed by atoms with Crippen molar-refractivity contribution in [3.63, 3.8) is 0 Å². The molecule has 146 valence electrons. The van der Waals surface area contributed by atoms with Gasteiger partial charge in [0.15, 0.2) is 5.75 Å². The first-order valence-electron chi connectivity index (χ1n) is 9.28. The van der Waals surface area contributed by atoms with E-state index in [2.05, 4.69) is 16.0 Å². The quantitative estimate of drug-likeness (QED) is 0.534. The lowest BCUT2D eigenvalue weighted by atomic mass is 10.1. The highest BCUT2D eigenvalue weighted by Crippen LogP contribution is 2.37. The predicted octanol–water partition coefficient (Wildman–Crippen LogP) is 5.61. The Bertz CT molecular complexity index is 1140. The lowest BCUT2D eigenvalue weighted by molar-refractivity contribution is 0.102. The zero-order valence-corrected chi connectivity index (χ0v) is 16.4. The molecule has 0 radical (unpaired) electrons. The molecule has 0 aromatic heterocycles. The van der Waals surface area contributed by atoms with Gasteiger partial charge in [0, 0.05) is 11.4 Å². The number of nitrogens with one attached hydrogen (secondary N) is 3. The second-order valence-corrected chi connectivity index (χ2v) is 7.14. The second-order valence-electron chi connectivity index (χ2n) is 7.14. The van der Waals surface area contributed by atoms with Crippen LogP contribution < -0.4 is 20.7 Å². The minimum absolute atomic E-state index is 0.289. The van der Waals surface area contributed by atoms with Crippen LogP contribution >= 0.6 is 0 Å². The molecule has 0 fully saturated rings. The van der Waals surface area contributed by atoms with E-state index < -0.39 is 0 Å². The lowest BCUT2D eigenvalue weighted by Gasteiger charge is -2.11. The van der Waals surface area contributed by atoms with Crippen molar-refractivity contribution in [1.29, 1.82) is 0 Å². The number of amides is 3. The molecule has 4 rings (SSSR count). The molecule has 3 N–H and O–H groups in total. The third-order valence-corrected chi connectivity index (χ3v) is 4.85. The third-order valence-electron chi connectivity index (χ3n) is 4.85. The molecule has 0 unspecified atom stereocenters. The highest BCUT2D eigenvalue weighted by Gasteiger charge is 2.21. The fourth-order valence-electron chi connectivity index (χ4n) is 3.13. The summed E-state index contributed by atoms with van der Waals surface area (Å²) in [5.41, 5.74) is 5.43. The number of rotatable bonds is 2. The first-order chi connectivity index (χ1) is 13.9. The molecule has 0 bridgehead atoms. The molecule has 29 heavy (non-hydrogen) atoms. The van der Waals surface area contributed by atoms with Gasteiger partial charge in [0.2, 0.25) is 0 Å². The van der Waals surface area contributed by atoms with Crippen LogP contribution in [0.1, 0.15) is 27.0 Å². The van der Waals surface area contributed by atoms with Crippen molar-refractivity contribution >= 4 is 29.0 Å². The summed E-state index contributed by atoms with van der Waals surface area (Å²) >= 11 is 0. The number of ether oxygens (including phenoxy) is 1. The van der Waals surface area contributed by atoms with Crippen molar-refractivity contribution in [2.24, 2.45) is 0 Å². The first-order valence-corrected chi connectivity index (χ1v) is 9.28. The molecule has 6 nitrogen and oxygen atoms in total. The number of hydrogen-bond donors (Lipinski definition) is 3. The summed E-state index contributed by atoms with van der Waals surface area (Å²) < 4.78 is 5.90. The van der Waals surface area contributed by atoms with Gasteiger partial charge in [-0.15, -0.1) is 0 Å². The summed E-state index contributed by atoms with van der Waals surface area (Å²) in [6, 6.07) is 15.9. The second kappa shape index (κ2) is 7.31. The minimum Gasteiger partial charge on any atom is -0.454 e. The summed E-state index contributed by atoms with van der Waals surface area (Å²) in [7, 11) is 0. The number of urea groups is 1. The van der Waals surface area contributed by atoms with Gasteiger partial charge in [-0.2, -0.15) is 0 Å². The molecule has 0 saturated heterocycles. The van der Waals surface area contributed by atoms with Crippen LogP contribution in [0.3, 0.4) is 0 Å². The maximum Gasteiger partial charge on any atom is 0.323 e. The van der Waals surface area contributed by atoms with Crippen molar-refractivity contribution in [2.75, 3.05) is 16.0 Å². The van der Waals surface area contributed by atoms with Gasteiger partial charge in [-0.3, -0.25) is 4.79 Å². The highest BCUT2D eigenvalue weighted by atomic mass is 16.5. The maximum atomic E-state index is 12.7. The van der Waals surface area contributed by atoms with Gasteiger partial charge in [-0.05, 0) is 79.9 Å². The van der Waals surface area contributed by atoms with Gasteiger partial charge in [0.05, 0.1) is 11.3 Å². The Balaban J connectivity index is 1.53. The van der Waals surface area contributed by atoms with Crippen LogP contribution in [-0.4, -0.2) is 11.9 Å². The van der Waals surface area contributed by atoms with Gasteiger partial charge in [0.1, 0.15) is 5.75 Å². The molecule has 0 atom stereocenters. The van der Waals surface area contributed by atoms with E-state index in [-0.39, 0.29) is 11.9 Å². The van der Waals surface area contributed by atoms with Crippen molar-refractivity contribution < 1.29 is 14.3 Å². The molecule has 3 aromatic rings. The fraction of sp³-hybridized carbons (Fsp3) is 0.130. The summed E-state index contributed by atoms with van der Waals surface area (Å²) in [5, 5.41) is 8.42. The number of hydrogen-bond acceptors (Lipinski definition) is 3. The maximum absolute atomic E-state index is 12.7. The summed E-state index contributed by atoms with van der Waals surface area (Å²) in [6.45, 7) is 5.95. The first kappa shape index (κ1) is 18.6. The van der Waals surface area contributed by atoms with Crippen molar-refractivity contribution in [3.05, 3.63) is 76.9 Å². The molecular weight excluding hydrogens is 366 g/mol. The SMILES string of the molecule is Cc1ccc2c(c1)NC(=O)c1cc(NC(=O)Nc3ccc(C)c(C)c3)ccc1O2. The summed E-state index contributed by atoms with van der Waals surface area (Å²) in [4.78, 5) is 25.0. The Morgan fingerprint density at radius 3 is 2.28 bits per heavy atom. The minimum atomic E-state index is -0.387. The van der Waals surface area contributed by atoms with Crippen LogP contribution in [0, 0.1) is 20.8 Å². The summed E-state index contributed by atoms with van der Waals surface area (Å²) in [5.74, 6) is 0.726. The van der Waals surface area contributed by atoms with Gasteiger partial charge < -0.3 is 20.7 Å². The van der Waals surface area contributed by atoms with Crippen LogP contribution in [0.25, 0.3) is 0 Å². The monoisotopic (exact) mass is 387 g/mol. The van der Waals surface area contributed by atoms with E-state index in [0.29, 0.717) is 34.1 Å². The molecular formula is C23H21N3O3. The Morgan fingerprint density at radius 1 is 0.828 bits per heavy atom. The Labute approximate surface area is 168 Å². The van der Waals surface area contributed by atoms with Crippen LogP contribution in [-0.2, 0) is 0 Å². The molecule has 1 heterocycles. The smallest absolute Gasteiger partial charge is 0.323 e. The Kier molecular flexibility index (Phi) is 4.68. The molecule has 3 aromatic carbocycles. The van der Waals surface area contributed by atoms with E-state index in [0.717, 1.165) is 16.7 Å². The molecule has 6 heteroatoms. The van der Waals surface area contributed by atoms with Crippen LogP contribution in [0.15, 0.2) is 54.6 Å². The van der Waals surface area contributed by atoms with Gasteiger partial charge >= 0.3 is 6.03 Å². The topological polar surface area (TPSA) is 79.5 Å². The molecule has 3 amide bonds. The summed E-state index contributed by atoms with van der Waals surface area (Å²) in [6.07, 6.45) is 0. The van der Waals surface area contributed by atoms with E-state index in [1.807, 2.05) is 57.2 Å². The number of aryl methyl sites for hydroxylation is 3. The number of fused-ring (bicyclic) bond motifs is 2. The Hall–Kier alpha value is -3.80. The van der Waals surface area contributed by atoms with Crippen LogP contribution in [0.2, 0.25) is 0 Å². The molecule has 1 aliphatic rings. The molecule has 0 spiro atoms. The van der Waals surface area contributed by atoms with E-state index in [1.165, 1.54) is 0 Å². The van der Waals surface area contributed by atoms with E-state index in [1.54, 1.807) is 18.2 Å². The number of anilines is 3. The Morgan fingerprint density at radius 2 is 1.52 bits per heavy atom. The lowest BCUT2D eigenvalue weighted by Crippen LogP contribution is -2.20. The van der Waals surface area contributed by atoms with Crippen LogP contribution in [0.4, 0.5) is 21.9 Å². The zero-order valence-electron chi connectivity index (χ0n) is 16.4. The van der Waals surface area contributed by atoms with Gasteiger partial charge in [0.25, 0.3) is 5.91 Å². The third kappa shape index (κ3) is 3.91. The molecule has 1 aliphatic heterocycles. The van der Waals surface area contributed by atoms with Crippen LogP contribution in [0.5, 0.6) is 11.5 Å². The van der Waals surface area contributed by atoms with E-state index >= 15 is 0 Å². The average Bonchev–Trinajstić information content (AvgIpc) is 2.80. The number of carbonyl (C=O) groups is 2. The predicted molar refractivity (Wildman–Crippen MR) is 114 cm³/mol. The van der Waals surface area contributed by atoms with E-state index in [9.17, 15) is 9.59 Å². The van der Waals surface area contributed by atoms with Crippen molar-refractivity contribution in [2.45, 2.75) is 20.8 Å². The van der Waals surface area contributed by atoms with Gasteiger partial charge in [-0.25, -0.2) is 4.79 Å². The van der Waals surface area contributed by atoms with Crippen molar-refractivity contribution in [3.8, 4) is 11.5 Å². The zero-order chi connectivity index (χ0) is 20.5. The van der Waals surface area contributed by atoms with Crippen molar-refractivity contribution in [1.82, 2.24) is 0 Å². The normalized spacial score (nSPS) is 12.0.